The van der Waals surface area contributed by atoms with Crippen LogP contribution in [-0.2, 0) is 10.2 Å². The Morgan fingerprint density at radius 1 is 1.25 bits per heavy atom. The van der Waals surface area contributed by atoms with Gasteiger partial charge in [0, 0.05) is 4.47 Å². The van der Waals surface area contributed by atoms with Crippen LogP contribution in [0.25, 0.3) is 0 Å². The summed E-state index contributed by atoms with van der Waals surface area (Å²) in [4.78, 5) is 11.1. The van der Waals surface area contributed by atoms with Gasteiger partial charge < -0.3 is 5.11 Å². The molecule has 3 saturated carbocycles. The summed E-state index contributed by atoms with van der Waals surface area (Å²) in [6.45, 7) is 0. The predicted octanol–water partition coefficient (Wildman–Crippen LogP) is 3.20. The minimum Gasteiger partial charge on any atom is -0.481 e. The molecule has 3 fully saturated rings. The number of rotatable bonds is 2. The monoisotopic (exact) mass is 280 g/mol. The third-order valence-electron chi connectivity index (χ3n) is 4.26. The largest absolute Gasteiger partial charge is 0.481 e. The number of benzene rings is 1. The Kier molecular flexibility index (Phi) is 2.15. The molecule has 3 heteroatoms. The highest BCUT2D eigenvalue weighted by molar-refractivity contribution is 9.10. The number of aliphatic carboxylic acids is 1. The zero-order chi connectivity index (χ0) is 11.3. The maximum Gasteiger partial charge on any atom is 0.306 e. The molecule has 1 aromatic carbocycles. The molecule has 0 aliphatic heterocycles. The Morgan fingerprint density at radius 3 is 2.38 bits per heavy atom. The van der Waals surface area contributed by atoms with Crippen molar-refractivity contribution in [1.29, 1.82) is 0 Å². The van der Waals surface area contributed by atoms with Crippen molar-refractivity contribution in [2.24, 2.45) is 11.8 Å². The highest BCUT2D eigenvalue weighted by Gasteiger charge is 2.58. The van der Waals surface area contributed by atoms with Crippen molar-refractivity contribution in [3.8, 4) is 0 Å². The molecule has 84 valence electrons. The average molecular weight is 281 g/mol. The fourth-order valence-corrected chi connectivity index (χ4v) is 3.69. The second-order valence-corrected chi connectivity index (χ2v) is 6.02. The number of fused-ring (bicyclic) bond motifs is 1. The molecule has 0 saturated heterocycles. The predicted molar refractivity (Wildman–Crippen MR) is 64.3 cm³/mol. The molecule has 1 atom stereocenters. The summed E-state index contributed by atoms with van der Waals surface area (Å²) in [5.74, 6) is -0.300. The third-order valence-corrected chi connectivity index (χ3v) is 4.79. The van der Waals surface area contributed by atoms with Crippen LogP contribution in [0.4, 0.5) is 0 Å². The fourth-order valence-electron chi connectivity index (χ4n) is 3.43. The van der Waals surface area contributed by atoms with Crippen molar-refractivity contribution in [3.05, 3.63) is 34.3 Å². The molecule has 0 amide bonds. The Morgan fingerprint density at radius 2 is 1.88 bits per heavy atom. The van der Waals surface area contributed by atoms with Gasteiger partial charge in [-0.1, -0.05) is 28.1 Å². The summed E-state index contributed by atoms with van der Waals surface area (Å²) in [7, 11) is 0. The molecule has 0 heterocycles. The van der Waals surface area contributed by atoms with Crippen LogP contribution in [0.5, 0.6) is 0 Å². The van der Waals surface area contributed by atoms with Gasteiger partial charge in [-0.05, 0) is 48.3 Å². The van der Waals surface area contributed by atoms with E-state index in [4.69, 9.17) is 5.11 Å². The zero-order valence-corrected chi connectivity index (χ0v) is 10.4. The number of hydrogen-bond donors (Lipinski definition) is 1. The smallest absolute Gasteiger partial charge is 0.306 e. The van der Waals surface area contributed by atoms with Gasteiger partial charge in [0.15, 0.2) is 0 Å². The molecule has 3 aliphatic rings. The van der Waals surface area contributed by atoms with Gasteiger partial charge in [0.1, 0.15) is 0 Å². The molecule has 16 heavy (non-hydrogen) atoms. The number of halogens is 1. The second-order valence-electron chi connectivity index (χ2n) is 5.10. The van der Waals surface area contributed by atoms with E-state index in [0.717, 1.165) is 23.7 Å². The van der Waals surface area contributed by atoms with Gasteiger partial charge in [-0.2, -0.15) is 0 Å². The number of carbonyl (C=O) groups is 1. The highest BCUT2D eigenvalue weighted by atomic mass is 79.9. The van der Waals surface area contributed by atoms with E-state index in [2.05, 4.69) is 28.1 Å². The van der Waals surface area contributed by atoms with E-state index in [1.807, 2.05) is 12.1 Å². The summed E-state index contributed by atoms with van der Waals surface area (Å²) < 4.78 is 1.08. The first kappa shape index (κ1) is 10.3. The summed E-state index contributed by atoms with van der Waals surface area (Å²) in [5.41, 5.74) is 1.49. The molecular formula is C13H13BrO2. The molecule has 4 rings (SSSR count). The molecule has 3 aliphatic carbocycles. The Balaban J connectivity index is 1.88. The van der Waals surface area contributed by atoms with E-state index in [1.165, 1.54) is 5.56 Å². The van der Waals surface area contributed by atoms with Crippen molar-refractivity contribution in [2.75, 3.05) is 0 Å². The molecule has 1 N–H and O–H groups in total. The van der Waals surface area contributed by atoms with E-state index in [0.29, 0.717) is 5.92 Å². The number of carboxylic acids is 1. The normalized spacial score (nSPS) is 35.8. The van der Waals surface area contributed by atoms with Crippen molar-refractivity contribution in [1.82, 2.24) is 0 Å². The lowest BCUT2D eigenvalue weighted by Crippen LogP contribution is -2.32. The van der Waals surface area contributed by atoms with Crippen LogP contribution >= 0.6 is 15.9 Å². The van der Waals surface area contributed by atoms with Gasteiger partial charge in [0.25, 0.3) is 0 Å². The first-order valence-corrected chi connectivity index (χ1v) is 6.39. The fraction of sp³-hybridized carbons (Fsp3) is 0.462. The summed E-state index contributed by atoms with van der Waals surface area (Å²) in [6, 6.07) is 8.35. The molecule has 1 unspecified atom stereocenters. The number of hydrogen-bond acceptors (Lipinski definition) is 1. The van der Waals surface area contributed by atoms with E-state index >= 15 is 0 Å². The first-order valence-electron chi connectivity index (χ1n) is 5.60. The number of carboxylic acid groups (broad SMARTS) is 1. The van der Waals surface area contributed by atoms with Crippen LogP contribution in [0.3, 0.4) is 0 Å². The van der Waals surface area contributed by atoms with E-state index in [1.54, 1.807) is 0 Å². The average Bonchev–Trinajstić information content (AvgIpc) is 2.73. The van der Waals surface area contributed by atoms with Gasteiger partial charge >= 0.3 is 5.97 Å². The van der Waals surface area contributed by atoms with Crippen molar-refractivity contribution < 1.29 is 9.90 Å². The van der Waals surface area contributed by atoms with E-state index in [9.17, 15) is 4.79 Å². The van der Waals surface area contributed by atoms with Gasteiger partial charge in [-0.15, -0.1) is 0 Å². The molecule has 0 aromatic heterocycles. The van der Waals surface area contributed by atoms with Crippen molar-refractivity contribution in [3.63, 3.8) is 0 Å². The SMILES string of the molecule is O=C(O)C1CC2(c3ccc(Br)cc3)CC1C2. The minimum absolute atomic E-state index is 0.108. The molecule has 0 spiro atoms. The topological polar surface area (TPSA) is 37.3 Å². The maximum absolute atomic E-state index is 11.1. The lowest BCUT2D eigenvalue weighted by Gasteiger charge is -2.39. The first-order chi connectivity index (χ1) is 7.61. The summed E-state index contributed by atoms with van der Waals surface area (Å²) in [6.07, 6.45) is 2.95. The Hall–Kier alpha value is -0.830. The zero-order valence-electron chi connectivity index (χ0n) is 8.82. The lowest BCUT2D eigenvalue weighted by atomic mass is 9.65. The summed E-state index contributed by atoms with van der Waals surface area (Å²) in [5, 5.41) is 9.11. The second kappa shape index (κ2) is 3.33. The van der Waals surface area contributed by atoms with Crippen LogP contribution in [0, 0.1) is 11.8 Å². The highest BCUT2D eigenvalue weighted by Crippen LogP contribution is 2.62. The lowest BCUT2D eigenvalue weighted by molar-refractivity contribution is -0.142. The maximum atomic E-state index is 11.1. The van der Waals surface area contributed by atoms with Gasteiger partial charge in [0.2, 0.25) is 0 Å². The van der Waals surface area contributed by atoms with Crippen molar-refractivity contribution in [2.45, 2.75) is 24.7 Å². The standard InChI is InChI=1S/C13H13BrO2/c14-10-3-1-9(2-4-10)13-5-8(6-13)11(7-13)12(15)16/h1-4,8,11H,5-7H2,(H,15,16). The summed E-state index contributed by atoms with van der Waals surface area (Å²) >= 11 is 3.43. The van der Waals surface area contributed by atoms with Crippen LogP contribution in [0.2, 0.25) is 0 Å². The minimum atomic E-state index is -0.610. The van der Waals surface area contributed by atoms with Crippen LogP contribution in [0.1, 0.15) is 24.8 Å². The van der Waals surface area contributed by atoms with Crippen molar-refractivity contribution >= 4 is 21.9 Å². The molecule has 2 bridgehead atoms. The molecule has 2 nitrogen and oxygen atoms in total. The molecule has 1 aromatic rings. The molecule has 0 radical (unpaired) electrons. The Bertz CT molecular complexity index is 432. The van der Waals surface area contributed by atoms with E-state index < -0.39 is 5.97 Å². The van der Waals surface area contributed by atoms with E-state index in [-0.39, 0.29) is 11.3 Å². The Labute approximate surface area is 103 Å². The third kappa shape index (κ3) is 1.34. The quantitative estimate of drug-likeness (QED) is 0.903. The van der Waals surface area contributed by atoms with Crippen LogP contribution < -0.4 is 0 Å². The van der Waals surface area contributed by atoms with Crippen LogP contribution in [-0.4, -0.2) is 11.1 Å². The van der Waals surface area contributed by atoms with Crippen LogP contribution in [0.15, 0.2) is 28.7 Å². The van der Waals surface area contributed by atoms with Gasteiger partial charge in [-0.25, -0.2) is 0 Å². The molecular weight excluding hydrogens is 268 g/mol. The van der Waals surface area contributed by atoms with Gasteiger partial charge in [-0.3, -0.25) is 4.79 Å². The van der Waals surface area contributed by atoms with Gasteiger partial charge in [0.05, 0.1) is 5.92 Å².